The second-order valence-corrected chi connectivity index (χ2v) is 4.59. The van der Waals surface area contributed by atoms with Gasteiger partial charge in [-0.25, -0.2) is 0 Å². The number of rotatable bonds is 8. The van der Waals surface area contributed by atoms with Crippen molar-refractivity contribution >= 4 is 0 Å². The van der Waals surface area contributed by atoms with E-state index in [1.165, 1.54) is 18.4 Å². The Morgan fingerprint density at radius 1 is 1.18 bits per heavy atom. The lowest BCUT2D eigenvalue weighted by atomic mass is 10.1. The van der Waals surface area contributed by atoms with E-state index in [4.69, 9.17) is 4.74 Å². The predicted molar refractivity (Wildman–Crippen MR) is 73.7 cm³/mol. The van der Waals surface area contributed by atoms with Crippen molar-refractivity contribution < 1.29 is 4.74 Å². The van der Waals surface area contributed by atoms with Gasteiger partial charge in [-0.3, -0.25) is 0 Å². The predicted octanol–water partition coefficient (Wildman–Crippen LogP) is 3.41. The van der Waals surface area contributed by atoms with Gasteiger partial charge in [-0.05, 0) is 44.5 Å². The van der Waals surface area contributed by atoms with Gasteiger partial charge in [0.25, 0.3) is 0 Å². The summed E-state index contributed by atoms with van der Waals surface area (Å²) in [6.07, 6.45) is 4.70. The number of nitrogens with one attached hydrogen (secondary N) is 1. The molecule has 0 aliphatic rings. The summed E-state index contributed by atoms with van der Waals surface area (Å²) < 4.78 is 5.68. The van der Waals surface area contributed by atoms with Crippen molar-refractivity contribution in [1.29, 1.82) is 0 Å². The quantitative estimate of drug-likeness (QED) is 0.697. The van der Waals surface area contributed by atoms with E-state index in [2.05, 4.69) is 43.4 Å². The average molecular weight is 235 g/mol. The molecule has 0 spiro atoms. The largest absolute Gasteiger partial charge is 0.494 e. The summed E-state index contributed by atoms with van der Waals surface area (Å²) >= 11 is 0. The number of hydrogen-bond acceptors (Lipinski definition) is 2. The van der Waals surface area contributed by atoms with Crippen LogP contribution in [0.25, 0.3) is 0 Å². The first-order chi connectivity index (χ1) is 8.26. The van der Waals surface area contributed by atoms with E-state index < -0.39 is 0 Å². The topological polar surface area (TPSA) is 21.3 Å². The minimum absolute atomic E-state index is 0.520. The van der Waals surface area contributed by atoms with Crippen LogP contribution in [0.3, 0.4) is 0 Å². The molecule has 0 bridgehead atoms. The Balaban J connectivity index is 2.34. The van der Waals surface area contributed by atoms with Crippen molar-refractivity contribution in [2.24, 2.45) is 0 Å². The number of unbranched alkanes of at least 4 members (excludes halogenated alkanes) is 2. The average Bonchev–Trinajstić information content (AvgIpc) is 2.36. The van der Waals surface area contributed by atoms with Crippen molar-refractivity contribution in [3.05, 3.63) is 29.8 Å². The van der Waals surface area contributed by atoms with Crippen LogP contribution < -0.4 is 10.1 Å². The minimum Gasteiger partial charge on any atom is -0.494 e. The molecule has 0 amide bonds. The summed E-state index contributed by atoms with van der Waals surface area (Å²) in [5, 5.41) is 3.25. The molecular formula is C15H25NO. The van der Waals surface area contributed by atoms with Crippen molar-refractivity contribution in [3.63, 3.8) is 0 Å². The molecule has 1 unspecified atom stereocenters. The summed E-state index contributed by atoms with van der Waals surface area (Å²) in [7, 11) is 2.00. The Kier molecular flexibility index (Phi) is 6.71. The Labute approximate surface area is 105 Å². The molecule has 0 radical (unpaired) electrons. The zero-order valence-electron chi connectivity index (χ0n) is 11.3. The molecule has 1 aromatic carbocycles. The Hall–Kier alpha value is -1.02. The van der Waals surface area contributed by atoms with E-state index in [-0.39, 0.29) is 0 Å². The molecule has 96 valence electrons. The Bertz CT molecular complexity index is 294. The number of likely N-dealkylation sites (N-methyl/N-ethyl adjacent to an activating group) is 1. The summed E-state index contributed by atoms with van der Waals surface area (Å²) in [5.74, 6) is 0.988. The van der Waals surface area contributed by atoms with Crippen LogP contribution in [0.4, 0.5) is 0 Å². The highest BCUT2D eigenvalue weighted by atomic mass is 16.5. The van der Waals surface area contributed by atoms with Crippen LogP contribution in [-0.4, -0.2) is 19.7 Å². The molecule has 0 heterocycles. The van der Waals surface area contributed by atoms with E-state index in [1.807, 2.05) is 7.05 Å². The fourth-order valence-electron chi connectivity index (χ4n) is 1.72. The third-order valence-corrected chi connectivity index (χ3v) is 2.97. The molecule has 0 saturated carbocycles. The number of benzene rings is 1. The molecule has 1 rings (SSSR count). The Morgan fingerprint density at radius 2 is 1.88 bits per heavy atom. The maximum absolute atomic E-state index is 5.68. The van der Waals surface area contributed by atoms with Crippen LogP contribution in [0, 0.1) is 0 Å². The zero-order valence-corrected chi connectivity index (χ0v) is 11.3. The molecule has 2 nitrogen and oxygen atoms in total. The van der Waals surface area contributed by atoms with Gasteiger partial charge in [0.05, 0.1) is 6.61 Å². The standard InChI is InChI=1S/C15H25NO/c1-4-5-6-11-17-15-9-7-14(8-10-15)12-13(2)16-3/h7-10,13,16H,4-6,11-12H2,1-3H3. The van der Waals surface area contributed by atoms with Crippen LogP contribution in [0.1, 0.15) is 38.7 Å². The zero-order chi connectivity index (χ0) is 12.5. The van der Waals surface area contributed by atoms with E-state index in [9.17, 15) is 0 Å². The highest BCUT2D eigenvalue weighted by Crippen LogP contribution is 2.14. The van der Waals surface area contributed by atoms with E-state index in [1.54, 1.807) is 0 Å². The summed E-state index contributed by atoms with van der Waals surface area (Å²) in [4.78, 5) is 0. The third-order valence-electron chi connectivity index (χ3n) is 2.97. The van der Waals surface area contributed by atoms with Gasteiger partial charge in [0.1, 0.15) is 5.75 Å². The minimum atomic E-state index is 0.520. The lowest BCUT2D eigenvalue weighted by Crippen LogP contribution is -2.23. The van der Waals surface area contributed by atoms with E-state index in [0.717, 1.165) is 25.2 Å². The lowest BCUT2D eigenvalue weighted by Gasteiger charge is -2.11. The van der Waals surface area contributed by atoms with Gasteiger partial charge in [0.2, 0.25) is 0 Å². The maximum atomic E-state index is 5.68. The fraction of sp³-hybridized carbons (Fsp3) is 0.600. The van der Waals surface area contributed by atoms with Crippen molar-refractivity contribution in [1.82, 2.24) is 5.32 Å². The molecule has 0 aliphatic heterocycles. The van der Waals surface area contributed by atoms with Crippen LogP contribution >= 0.6 is 0 Å². The van der Waals surface area contributed by atoms with Gasteiger partial charge in [-0.2, -0.15) is 0 Å². The highest BCUT2D eigenvalue weighted by molar-refractivity contribution is 5.27. The maximum Gasteiger partial charge on any atom is 0.119 e. The number of ether oxygens (including phenoxy) is 1. The molecule has 0 saturated heterocycles. The molecule has 17 heavy (non-hydrogen) atoms. The van der Waals surface area contributed by atoms with Gasteiger partial charge in [-0.15, -0.1) is 0 Å². The van der Waals surface area contributed by atoms with E-state index >= 15 is 0 Å². The van der Waals surface area contributed by atoms with Gasteiger partial charge in [0, 0.05) is 6.04 Å². The smallest absolute Gasteiger partial charge is 0.119 e. The van der Waals surface area contributed by atoms with E-state index in [0.29, 0.717) is 6.04 Å². The van der Waals surface area contributed by atoms with Crippen LogP contribution in [0.5, 0.6) is 5.75 Å². The van der Waals surface area contributed by atoms with Crippen molar-refractivity contribution in [2.75, 3.05) is 13.7 Å². The summed E-state index contributed by atoms with van der Waals surface area (Å²) in [6.45, 7) is 5.23. The molecular weight excluding hydrogens is 210 g/mol. The van der Waals surface area contributed by atoms with Crippen LogP contribution in [0.15, 0.2) is 24.3 Å². The first-order valence-corrected chi connectivity index (χ1v) is 6.65. The molecule has 2 heteroatoms. The first kappa shape index (κ1) is 14.0. The molecule has 0 aromatic heterocycles. The molecule has 1 N–H and O–H groups in total. The van der Waals surface area contributed by atoms with Gasteiger partial charge >= 0.3 is 0 Å². The molecule has 1 aromatic rings. The van der Waals surface area contributed by atoms with Crippen molar-refractivity contribution in [2.45, 2.75) is 45.6 Å². The fourth-order valence-corrected chi connectivity index (χ4v) is 1.72. The van der Waals surface area contributed by atoms with Crippen LogP contribution in [0.2, 0.25) is 0 Å². The lowest BCUT2D eigenvalue weighted by molar-refractivity contribution is 0.306. The van der Waals surface area contributed by atoms with Gasteiger partial charge in [0.15, 0.2) is 0 Å². The van der Waals surface area contributed by atoms with Gasteiger partial charge in [-0.1, -0.05) is 31.9 Å². The number of hydrogen-bond donors (Lipinski definition) is 1. The highest BCUT2D eigenvalue weighted by Gasteiger charge is 2.00. The normalized spacial score (nSPS) is 12.4. The second-order valence-electron chi connectivity index (χ2n) is 4.59. The Morgan fingerprint density at radius 3 is 2.47 bits per heavy atom. The monoisotopic (exact) mass is 235 g/mol. The van der Waals surface area contributed by atoms with Crippen molar-refractivity contribution in [3.8, 4) is 5.75 Å². The third kappa shape index (κ3) is 5.73. The van der Waals surface area contributed by atoms with Gasteiger partial charge < -0.3 is 10.1 Å². The molecule has 1 atom stereocenters. The molecule has 0 fully saturated rings. The first-order valence-electron chi connectivity index (χ1n) is 6.65. The van der Waals surface area contributed by atoms with Crippen LogP contribution in [-0.2, 0) is 6.42 Å². The molecule has 0 aliphatic carbocycles. The summed E-state index contributed by atoms with van der Waals surface area (Å²) in [5.41, 5.74) is 1.35. The summed E-state index contributed by atoms with van der Waals surface area (Å²) in [6, 6.07) is 8.98. The second kappa shape index (κ2) is 8.13. The SMILES string of the molecule is CCCCCOc1ccc(CC(C)NC)cc1.